The van der Waals surface area contributed by atoms with Crippen molar-refractivity contribution in [3.05, 3.63) is 58.1 Å². The smallest absolute Gasteiger partial charge is 0.416 e. The number of nitrogens with zero attached hydrogens (tertiary/aromatic N) is 3. The summed E-state index contributed by atoms with van der Waals surface area (Å²) in [7, 11) is 4.09. The highest BCUT2D eigenvalue weighted by Gasteiger charge is 2.40. The van der Waals surface area contributed by atoms with Gasteiger partial charge in [-0.3, -0.25) is 14.7 Å². The minimum atomic E-state index is -4.73. The molecule has 1 aliphatic rings. The lowest BCUT2D eigenvalue weighted by molar-refractivity contribution is -0.149. The Bertz CT molecular complexity index is 1120. The standard InChI is InChI=1S/C19H22F3N3O3.C7H14N2S.2CH2O/c1-3-4-11-7-12(14(19(20,21)22)9-13(11)10(2)23)8-16(18(27)28)25-6-5-15(24)17(25)26;1-7(5-8-2)10-6-9(3)4;2*1-2/h3-4,7,9,15-16H,2,5-6,8,23-24H2,1H3,(H,27,28);5H,2,6H2,1,3-4H3;2*1H2/b4-3-;7-5-;;. The predicted molar refractivity (Wildman–Crippen MR) is 162 cm³/mol. The molecule has 0 aromatic heterocycles. The van der Waals surface area contributed by atoms with Crippen molar-refractivity contribution in [2.24, 2.45) is 16.5 Å². The number of aliphatic imine (C=N–C) groups is 1. The number of carboxylic acids is 1. The van der Waals surface area contributed by atoms with E-state index >= 15 is 0 Å². The molecule has 1 aromatic carbocycles. The summed E-state index contributed by atoms with van der Waals surface area (Å²) in [6.07, 6.45) is -0.0358. The van der Waals surface area contributed by atoms with Gasteiger partial charge in [-0.15, -0.1) is 11.8 Å². The number of likely N-dealkylation sites (tertiary alicyclic amines) is 1. The number of carbonyl (C=O) groups excluding carboxylic acids is 3. The zero-order valence-electron chi connectivity index (χ0n) is 24.3. The van der Waals surface area contributed by atoms with Crippen molar-refractivity contribution in [3.8, 4) is 0 Å². The van der Waals surface area contributed by atoms with Crippen LogP contribution in [0.1, 0.15) is 42.5 Å². The Kier molecular flexibility index (Phi) is 19.4. The lowest BCUT2D eigenvalue weighted by Crippen LogP contribution is -2.46. The summed E-state index contributed by atoms with van der Waals surface area (Å²) in [6, 6.07) is -0.186. The predicted octanol–water partition coefficient (Wildman–Crippen LogP) is 3.65. The van der Waals surface area contributed by atoms with Gasteiger partial charge in [0.25, 0.3) is 0 Å². The van der Waals surface area contributed by atoms with Crippen molar-refractivity contribution in [3.63, 3.8) is 0 Å². The molecule has 1 amide bonds. The maximum absolute atomic E-state index is 13.6. The van der Waals surface area contributed by atoms with Gasteiger partial charge in [-0.25, -0.2) is 4.79 Å². The number of carboxylic acid groups (broad SMARTS) is 1. The van der Waals surface area contributed by atoms with Crippen molar-refractivity contribution >= 4 is 55.7 Å². The Balaban J connectivity index is 0. The highest BCUT2D eigenvalue weighted by molar-refractivity contribution is 8.02. The first-order valence-corrected chi connectivity index (χ1v) is 13.2. The van der Waals surface area contributed by atoms with Crippen LogP contribution in [-0.2, 0) is 31.8 Å². The van der Waals surface area contributed by atoms with Gasteiger partial charge < -0.3 is 31.1 Å². The normalized spacial score (nSPS) is 15.5. The van der Waals surface area contributed by atoms with Crippen molar-refractivity contribution in [1.82, 2.24) is 9.80 Å². The first kappa shape index (κ1) is 40.4. The lowest BCUT2D eigenvalue weighted by Gasteiger charge is -2.26. The second-order valence-corrected chi connectivity index (χ2v) is 10.1. The Labute approximate surface area is 249 Å². The van der Waals surface area contributed by atoms with Gasteiger partial charge in [0.1, 0.15) is 19.6 Å². The molecule has 0 saturated carbocycles. The van der Waals surface area contributed by atoms with E-state index in [1.807, 2.05) is 34.6 Å². The summed E-state index contributed by atoms with van der Waals surface area (Å²) in [4.78, 5) is 47.8. The number of hydrogen-bond donors (Lipinski definition) is 3. The average molecular weight is 616 g/mol. The van der Waals surface area contributed by atoms with E-state index in [-0.39, 0.29) is 29.8 Å². The molecule has 10 nitrogen and oxygen atoms in total. The zero-order chi connectivity index (χ0) is 33.2. The molecule has 14 heteroatoms. The topological polar surface area (TPSA) is 159 Å². The lowest BCUT2D eigenvalue weighted by atomic mass is 9.92. The van der Waals surface area contributed by atoms with Crippen LogP contribution in [0.3, 0.4) is 0 Å². The third kappa shape index (κ3) is 13.3. The largest absolute Gasteiger partial charge is 0.480 e. The molecule has 0 spiro atoms. The number of thioether (sulfide) groups is 1. The molecule has 2 rings (SSSR count). The van der Waals surface area contributed by atoms with E-state index in [4.69, 9.17) is 21.1 Å². The van der Waals surface area contributed by atoms with Crippen LogP contribution < -0.4 is 11.5 Å². The van der Waals surface area contributed by atoms with Gasteiger partial charge >= 0.3 is 12.1 Å². The Morgan fingerprint density at radius 2 is 1.86 bits per heavy atom. The van der Waals surface area contributed by atoms with E-state index in [1.165, 1.54) is 11.0 Å². The first-order chi connectivity index (χ1) is 19.6. The van der Waals surface area contributed by atoms with Crippen LogP contribution in [0.2, 0.25) is 0 Å². The number of amides is 1. The van der Waals surface area contributed by atoms with Crippen molar-refractivity contribution in [2.45, 2.75) is 44.9 Å². The number of carbonyl (C=O) groups is 4. The molecular weight excluding hydrogens is 575 g/mol. The van der Waals surface area contributed by atoms with Crippen LogP contribution in [0.5, 0.6) is 0 Å². The molecule has 0 bridgehead atoms. The van der Waals surface area contributed by atoms with Crippen LogP contribution in [0.4, 0.5) is 13.2 Å². The van der Waals surface area contributed by atoms with Gasteiger partial charge in [0.05, 0.1) is 11.6 Å². The van der Waals surface area contributed by atoms with E-state index < -0.39 is 42.1 Å². The SMILES string of the molecule is C=C(N)c1cc(C(F)(F)F)c(CC(C(=O)O)N2CCC(N)C2=O)cc1/C=C\C.C=N/C=C(/C)SCN(C)C.C=O.C=O. The fourth-order valence-electron chi connectivity index (χ4n) is 3.66. The van der Waals surface area contributed by atoms with Crippen LogP contribution in [0, 0.1) is 0 Å². The fraction of sp³-hybridized carbons (Fsp3) is 0.393. The van der Waals surface area contributed by atoms with Gasteiger partial charge in [-0.05, 0) is 58.3 Å². The summed E-state index contributed by atoms with van der Waals surface area (Å²) >= 11 is 1.76. The Morgan fingerprint density at radius 1 is 1.29 bits per heavy atom. The molecule has 0 aliphatic carbocycles. The quantitative estimate of drug-likeness (QED) is 0.264. The average Bonchev–Trinajstić information content (AvgIpc) is 3.25. The number of rotatable bonds is 10. The second kappa shape index (κ2) is 20.2. The van der Waals surface area contributed by atoms with Gasteiger partial charge in [0.15, 0.2) is 0 Å². The Hall–Kier alpha value is -3.75. The number of allylic oxidation sites excluding steroid dienone is 2. The number of alkyl halides is 3. The molecule has 1 aliphatic heterocycles. The molecule has 2 unspecified atom stereocenters. The molecule has 1 heterocycles. The third-order valence-electron chi connectivity index (χ3n) is 5.45. The minimum Gasteiger partial charge on any atom is -0.480 e. The maximum atomic E-state index is 13.6. The van der Waals surface area contributed by atoms with Crippen LogP contribution in [0.25, 0.3) is 11.8 Å². The van der Waals surface area contributed by atoms with E-state index in [2.05, 4.69) is 23.2 Å². The molecule has 234 valence electrons. The van der Waals surface area contributed by atoms with Gasteiger partial charge in [-0.1, -0.05) is 24.8 Å². The molecule has 5 N–H and O–H groups in total. The Morgan fingerprint density at radius 3 is 2.24 bits per heavy atom. The summed E-state index contributed by atoms with van der Waals surface area (Å²) in [5.74, 6) is -0.977. The van der Waals surface area contributed by atoms with Crippen molar-refractivity contribution in [2.75, 3.05) is 26.5 Å². The summed E-state index contributed by atoms with van der Waals surface area (Å²) in [5, 5.41) is 9.54. The number of benzene rings is 1. The monoisotopic (exact) mass is 615 g/mol. The van der Waals surface area contributed by atoms with Gasteiger partial charge in [0, 0.05) is 41.2 Å². The number of nitrogens with two attached hydrogens (primary N) is 2. The van der Waals surface area contributed by atoms with Crippen molar-refractivity contribution < 1.29 is 37.5 Å². The molecule has 0 radical (unpaired) electrons. The first-order valence-electron chi connectivity index (χ1n) is 12.2. The molecule has 1 saturated heterocycles. The van der Waals surface area contributed by atoms with Gasteiger partial charge in [-0.2, -0.15) is 13.2 Å². The van der Waals surface area contributed by atoms with E-state index in [9.17, 15) is 27.9 Å². The summed E-state index contributed by atoms with van der Waals surface area (Å²) < 4.78 is 40.9. The highest BCUT2D eigenvalue weighted by atomic mass is 32.2. The number of aliphatic carboxylic acids is 1. The second-order valence-electron chi connectivity index (χ2n) is 8.88. The highest BCUT2D eigenvalue weighted by Crippen LogP contribution is 2.36. The minimum absolute atomic E-state index is 0.0411. The van der Waals surface area contributed by atoms with E-state index in [0.717, 1.165) is 16.8 Å². The van der Waals surface area contributed by atoms with E-state index in [0.29, 0.717) is 5.56 Å². The van der Waals surface area contributed by atoms with Crippen LogP contribution in [0.15, 0.2) is 40.9 Å². The van der Waals surface area contributed by atoms with E-state index in [1.54, 1.807) is 37.0 Å². The number of halogens is 3. The third-order valence-corrected chi connectivity index (χ3v) is 6.66. The van der Waals surface area contributed by atoms with Crippen molar-refractivity contribution in [1.29, 1.82) is 0 Å². The molecule has 1 aromatic rings. The van der Waals surface area contributed by atoms with Crippen LogP contribution in [-0.4, -0.2) is 85.7 Å². The summed E-state index contributed by atoms with van der Waals surface area (Å²) in [6.45, 7) is 14.7. The molecular formula is C28H40F3N5O5S. The molecule has 1 fully saturated rings. The maximum Gasteiger partial charge on any atom is 0.416 e. The van der Waals surface area contributed by atoms with Crippen LogP contribution >= 0.6 is 11.8 Å². The number of hydrogen-bond acceptors (Lipinski definition) is 9. The molecule has 2 atom stereocenters. The molecule has 42 heavy (non-hydrogen) atoms. The zero-order valence-corrected chi connectivity index (χ0v) is 25.1. The van der Waals surface area contributed by atoms with Gasteiger partial charge in [0.2, 0.25) is 5.91 Å². The summed E-state index contributed by atoms with van der Waals surface area (Å²) in [5.41, 5.74) is 10.4. The fourth-order valence-corrected chi connectivity index (χ4v) is 4.27.